The Labute approximate surface area is 194 Å². The fourth-order valence-electron chi connectivity index (χ4n) is 3.55. The topological polar surface area (TPSA) is 96.8 Å². The lowest BCUT2D eigenvalue weighted by Gasteiger charge is -2.26. The number of ether oxygens (including phenoxy) is 2. The van der Waals surface area contributed by atoms with Crippen LogP contribution in [-0.4, -0.2) is 41.0 Å². The summed E-state index contributed by atoms with van der Waals surface area (Å²) in [5, 5.41) is 7.58. The Morgan fingerprint density at radius 3 is 2.50 bits per heavy atom. The molecule has 0 aliphatic carbocycles. The highest BCUT2D eigenvalue weighted by molar-refractivity contribution is 9.10. The molecular weight excluding hydrogens is 474 g/mol. The van der Waals surface area contributed by atoms with Gasteiger partial charge in [-0.15, -0.1) is 0 Å². The van der Waals surface area contributed by atoms with Gasteiger partial charge in [-0.05, 0) is 59.5 Å². The molecule has 164 valence electrons. The third kappa shape index (κ3) is 4.75. The molecule has 1 saturated heterocycles. The van der Waals surface area contributed by atoms with Crippen LogP contribution in [0.15, 0.2) is 52.0 Å². The number of halogens is 1. The number of aromatic nitrogens is 3. The first-order valence-electron chi connectivity index (χ1n) is 10.5. The molecule has 0 amide bonds. The summed E-state index contributed by atoms with van der Waals surface area (Å²) in [6.45, 7) is 2.09. The summed E-state index contributed by atoms with van der Waals surface area (Å²) < 4.78 is 11.7. The summed E-state index contributed by atoms with van der Waals surface area (Å²) >= 11 is 3.54. The fourth-order valence-corrected chi connectivity index (χ4v) is 3.97. The van der Waals surface area contributed by atoms with E-state index in [1.54, 1.807) is 6.21 Å². The maximum atomic E-state index is 5.44. The highest BCUT2D eigenvalue weighted by atomic mass is 79.9. The maximum Gasteiger partial charge on any atom is 0.250 e. The van der Waals surface area contributed by atoms with Crippen LogP contribution in [-0.2, 0) is 0 Å². The van der Waals surface area contributed by atoms with Crippen LogP contribution >= 0.6 is 15.9 Å². The van der Waals surface area contributed by atoms with Gasteiger partial charge < -0.3 is 19.7 Å². The summed E-state index contributed by atoms with van der Waals surface area (Å²) in [6, 6.07) is 13.5. The van der Waals surface area contributed by atoms with Crippen LogP contribution in [0, 0.1) is 0 Å². The molecule has 1 aromatic heterocycles. The van der Waals surface area contributed by atoms with Crippen molar-refractivity contribution in [3.8, 4) is 11.5 Å². The second kappa shape index (κ2) is 9.39. The smallest absolute Gasteiger partial charge is 0.250 e. The summed E-state index contributed by atoms with van der Waals surface area (Å²) in [4.78, 5) is 15.9. The van der Waals surface area contributed by atoms with E-state index in [-0.39, 0.29) is 6.79 Å². The van der Waals surface area contributed by atoms with E-state index in [9.17, 15) is 0 Å². The number of anilines is 4. The third-order valence-corrected chi connectivity index (χ3v) is 5.84. The number of rotatable bonds is 6. The Balaban J connectivity index is 1.38. The Hall–Kier alpha value is -3.40. The standard InChI is InChI=1S/C22H22BrN7O2/c23-17-12-19-18(31-14-32-19)11-15(17)13-24-29-21-26-20(25-16-7-3-1-4-8-16)27-22(28-21)30-9-5-2-6-10-30/h1,3-4,7-8,11-13H,2,5-6,9-10,14H2,(H2,25,26,27,28,29)/b24-13+. The van der Waals surface area contributed by atoms with Gasteiger partial charge in [0.1, 0.15) is 0 Å². The summed E-state index contributed by atoms with van der Waals surface area (Å²) in [5.41, 5.74) is 4.69. The lowest BCUT2D eigenvalue weighted by molar-refractivity contribution is 0.174. The van der Waals surface area contributed by atoms with Gasteiger partial charge in [0, 0.05) is 28.8 Å². The zero-order chi connectivity index (χ0) is 21.8. The molecule has 0 saturated carbocycles. The van der Waals surface area contributed by atoms with Crippen LogP contribution in [0.3, 0.4) is 0 Å². The Kier molecular flexibility index (Phi) is 6.02. The first-order chi connectivity index (χ1) is 15.7. The lowest BCUT2D eigenvalue weighted by atomic mass is 10.1. The van der Waals surface area contributed by atoms with Gasteiger partial charge in [0.2, 0.25) is 24.6 Å². The van der Waals surface area contributed by atoms with Crippen molar-refractivity contribution < 1.29 is 9.47 Å². The molecule has 0 bridgehead atoms. The van der Waals surface area contributed by atoms with Crippen LogP contribution in [0.4, 0.5) is 23.5 Å². The molecule has 0 radical (unpaired) electrons. The molecule has 1 fully saturated rings. The van der Waals surface area contributed by atoms with E-state index in [0.717, 1.165) is 41.7 Å². The lowest BCUT2D eigenvalue weighted by Crippen LogP contribution is -2.31. The summed E-state index contributed by atoms with van der Waals surface area (Å²) in [7, 11) is 0. The fraction of sp³-hybridized carbons (Fsp3) is 0.273. The van der Waals surface area contributed by atoms with Crippen LogP contribution in [0.2, 0.25) is 0 Å². The molecule has 2 N–H and O–H groups in total. The van der Waals surface area contributed by atoms with E-state index >= 15 is 0 Å². The van der Waals surface area contributed by atoms with Crippen molar-refractivity contribution in [2.45, 2.75) is 19.3 Å². The second-order valence-electron chi connectivity index (χ2n) is 7.42. The van der Waals surface area contributed by atoms with Crippen molar-refractivity contribution in [3.63, 3.8) is 0 Å². The van der Waals surface area contributed by atoms with Gasteiger partial charge in [-0.3, -0.25) is 0 Å². The van der Waals surface area contributed by atoms with Gasteiger partial charge >= 0.3 is 0 Å². The molecule has 3 heterocycles. The number of piperidine rings is 1. The molecule has 2 aromatic carbocycles. The first kappa shape index (κ1) is 20.5. The van der Waals surface area contributed by atoms with Gasteiger partial charge in [0.25, 0.3) is 0 Å². The van der Waals surface area contributed by atoms with E-state index in [4.69, 9.17) is 9.47 Å². The quantitative estimate of drug-likeness (QED) is 0.379. The van der Waals surface area contributed by atoms with E-state index in [1.807, 2.05) is 42.5 Å². The Bertz CT molecular complexity index is 1120. The number of nitrogens with one attached hydrogen (secondary N) is 2. The Morgan fingerprint density at radius 2 is 1.69 bits per heavy atom. The first-order valence-corrected chi connectivity index (χ1v) is 11.3. The van der Waals surface area contributed by atoms with Crippen molar-refractivity contribution in [1.82, 2.24) is 15.0 Å². The summed E-state index contributed by atoms with van der Waals surface area (Å²) in [6.07, 6.45) is 5.18. The number of nitrogens with zero attached hydrogens (tertiary/aromatic N) is 5. The number of hydrogen-bond acceptors (Lipinski definition) is 9. The minimum Gasteiger partial charge on any atom is -0.454 e. The number of hydrazone groups is 1. The molecule has 9 nitrogen and oxygen atoms in total. The normalized spacial score (nSPS) is 15.2. The van der Waals surface area contributed by atoms with Crippen molar-refractivity contribution in [3.05, 3.63) is 52.5 Å². The molecule has 5 rings (SSSR count). The SMILES string of the molecule is Brc1cc2c(cc1/C=N/Nc1nc(Nc3ccccc3)nc(N3CCCCC3)n1)OCO2. The Morgan fingerprint density at radius 1 is 0.938 bits per heavy atom. The molecular formula is C22H22BrN7O2. The van der Waals surface area contributed by atoms with Crippen molar-refractivity contribution in [2.24, 2.45) is 5.10 Å². The van der Waals surface area contributed by atoms with Crippen LogP contribution in [0.1, 0.15) is 24.8 Å². The summed E-state index contributed by atoms with van der Waals surface area (Å²) in [5.74, 6) is 2.87. The van der Waals surface area contributed by atoms with Gasteiger partial charge in [-0.25, -0.2) is 5.43 Å². The predicted octanol–water partition coefficient (Wildman–Crippen LogP) is 4.54. The van der Waals surface area contributed by atoms with Gasteiger partial charge in [-0.1, -0.05) is 18.2 Å². The van der Waals surface area contributed by atoms with Gasteiger partial charge in [0.15, 0.2) is 11.5 Å². The largest absolute Gasteiger partial charge is 0.454 e. The van der Waals surface area contributed by atoms with Crippen molar-refractivity contribution in [2.75, 3.05) is 35.5 Å². The zero-order valence-electron chi connectivity index (χ0n) is 17.3. The van der Waals surface area contributed by atoms with E-state index in [2.05, 4.69) is 51.6 Å². The monoisotopic (exact) mass is 495 g/mol. The number of hydrogen-bond donors (Lipinski definition) is 2. The maximum absolute atomic E-state index is 5.44. The highest BCUT2D eigenvalue weighted by Gasteiger charge is 2.17. The number of fused-ring (bicyclic) bond motifs is 1. The molecule has 0 atom stereocenters. The number of benzene rings is 2. The molecule has 0 unspecified atom stereocenters. The average molecular weight is 496 g/mol. The van der Waals surface area contributed by atoms with E-state index < -0.39 is 0 Å². The van der Waals surface area contributed by atoms with E-state index in [0.29, 0.717) is 29.3 Å². The minimum atomic E-state index is 0.224. The molecule has 2 aliphatic heterocycles. The van der Waals surface area contributed by atoms with Crippen LogP contribution < -0.4 is 25.1 Å². The molecule has 2 aliphatic rings. The number of para-hydroxylation sites is 1. The van der Waals surface area contributed by atoms with Crippen LogP contribution in [0.5, 0.6) is 11.5 Å². The van der Waals surface area contributed by atoms with Gasteiger partial charge in [0.05, 0.1) is 6.21 Å². The predicted molar refractivity (Wildman–Crippen MR) is 127 cm³/mol. The van der Waals surface area contributed by atoms with Crippen molar-refractivity contribution >= 4 is 45.7 Å². The third-order valence-electron chi connectivity index (χ3n) is 5.15. The average Bonchev–Trinajstić information content (AvgIpc) is 3.27. The van der Waals surface area contributed by atoms with E-state index in [1.165, 1.54) is 6.42 Å². The molecule has 10 heteroatoms. The second-order valence-corrected chi connectivity index (χ2v) is 8.27. The molecule has 3 aromatic rings. The molecule has 0 spiro atoms. The minimum absolute atomic E-state index is 0.224. The van der Waals surface area contributed by atoms with Gasteiger partial charge in [-0.2, -0.15) is 20.1 Å². The highest BCUT2D eigenvalue weighted by Crippen LogP contribution is 2.36. The molecule has 32 heavy (non-hydrogen) atoms. The van der Waals surface area contributed by atoms with Crippen LogP contribution in [0.25, 0.3) is 0 Å². The zero-order valence-corrected chi connectivity index (χ0v) is 18.9. The van der Waals surface area contributed by atoms with Crippen molar-refractivity contribution in [1.29, 1.82) is 0 Å².